The molecule has 3 unspecified atom stereocenters. The minimum absolute atomic E-state index is 0.769. The number of benzene rings is 1. The number of hydrogen-bond donors (Lipinski definition) is 0. The molecule has 146 valence electrons. The van der Waals surface area contributed by atoms with E-state index in [0.29, 0.717) is 0 Å². The number of ether oxygens (including phenoxy) is 1. The van der Waals surface area contributed by atoms with Crippen LogP contribution in [0.2, 0.25) is 0 Å². The average molecular weight is 357 g/mol. The van der Waals surface area contributed by atoms with Crippen molar-refractivity contribution in [2.45, 2.75) is 85.0 Å². The summed E-state index contributed by atoms with van der Waals surface area (Å²) in [6, 6.07) is 10.2. The SMILES string of the molecule is CCCCCC(C)C1CC=C(C(CC)CCCOc2ccccc2)CC1. The van der Waals surface area contributed by atoms with Crippen LogP contribution in [0.3, 0.4) is 0 Å². The van der Waals surface area contributed by atoms with Gasteiger partial charge in [0.2, 0.25) is 0 Å². The molecular weight excluding hydrogens is 316 g/mol. The Balaban J connectivity index is 1.70. The fraction of sp³-hybridized carbons (Fsp3) is 0.680. The maximum Gasteiger partial charge on any atom is 0.119 e. The average Bonchev–Trinajstić information content (AvgIpc) is 2.69. The molecule has 0 N–H and O–H groups in total. The van der Waals surface area contributed by atoms with Crippen LogP contribution in [-0.2, 0) is 0 Å². The Morgan fingerprint density at radius 1 is 1.04 bits per heavy atom. The lowest BCUT2D eigenvalue weighted by molar-refractivity contribution is 0.282. The Hall–Kier alpha value is -1.24. The van der Waals surface area contributed by atoms with Gasteiger partial charge in [-0.2, -0.15) is 0 Å². The van der Waals surface area contributed by atoms with Crippen LogP contribution in [0, 0.1) is 17.8 Å². The van der Waals surface area contributed by atoms with Crippen LogP contribution >= 0.6 is 0 Å². The zero-order valence-electron chi connectivity index (χ0n) is 17.4. The summed E-state index contributed by atoms with van der Waals surface area (Å²) in [7, 11) is 0. The minimum Gasteiger partial charge on any atom is -0.494 e. The van der Waals surface area contributed by atoms with Crippen molar-refractivity contribution in [3.63, 3.8) is 0 Å². The van der Waals surface area contributed by atoms with E-state index in [4.69, 9.17) is 4.74 Å². The summed E-state index contributed by atoms with van der Waals surface area (Å²) >= 11 is 0. The van der Waals surface area contributed by atoms with Crippen molar-refractivity contribution in [2.75, 3.05) is 6.61 Å². The highest BCUT2D eigenvalue weighted by Gasteiger charge is 2.23. The van der Waals surface area contributed by atoms with Gasteiger partial charge in [0.1, 0.15) is 5.75 Å². The zero-order valence-corrected chi connectivity index (χ0v) is 17.4. The summed E-state index contributed by atoms with van der Waals surface area (Å²) in [4.78, 5) is 0. The van der Waals surface area contributed by atoms with Gasteiger partial charge in [-0.15, -0.1) is 0 Å². The third-order valence-electron chi connectivity index (χ3n) is 6.28. The van der Waals surface area contributed by atoms with E-state index < -0.39 is 0 Å². The number of hydrogen-bond acceptors (Lipinski definition) is 1. The van der Waals surface area contributed by atoms with E-state index >= 15 is 0 Å². The molecule has 1 aliphatic carbocycles. The Labute approximate surface area is 162 Å². The van der Waals surface area contributed by atoms with Crippen molar-refractivity contribution in [3.8, 4) is 5.75 Å². The van der Waals surface area contributed by atoms with Gasteiger partial charge < -0.3 is 4.74 Å². The highest BCUT2D eigenvalue weighted by Crippen LogP contribution is 2.36. The van der Waals surface area contributed by atoms with Crippen LogP contribution in [-0.4, -0.2) is 6.61 Å². The van der Waals surface area contributed by atoms with Crippen LogP contribution in [0.4, 0.5) is 0 Å². The Morgan fingerprint density at radius 3 is 2.50 bits per heavy atom. The first-order valence-corrected chi connectivity index (χ1v) is 11.1. The summed E-state index contributed by atoms with van der Waals surface area (Å²) in [6.45, 7) is 7.97. The highest BCUT2D eigenvalue weighted by molar-refractivity contribution is 5.20. The van der Waals surface area contributed by atoms with E-state index in [-0.39, 0.29) is 0 Å². The molecule has 0 aromatic heterocycles. The summed E-state index contributed by atoms with van der Waals surface area (Å²) in [6.07, 6.45) is 16.0. The molecule has 0 saturated carbocycles. The standard InChI is InChI=1S/C25H40O/c1-4-6-8-12-21(3)23-16-18-24(19-17-23)22(5-2)13-11-20-26-25-14-9-7-10-15-25/h7,9-10,14-15,18,21-23H,4-6,8,11-13,16-17,19-20H2,1-3H3. The molecule has 0 spiro atoms. The van der Waals surface area contributed by atoms with Crippen LogP contribution in [0.15, 0.2) is 42.0 Å². The van der Waals surface area contributed by atoms with Gasteiger partial charge in [0.05, 0.1) is 6.61 Å². The van der Waals surface area contributed by atoms with E-state index in [0.717, 1.165) is 36.5 Å². The van der Waals surface area contributed by atoms with Gasteiger partial charge >= 0.3 is 0 Å². The topological polar surface area (TPSA) is 9.23 Å². The molecule has 1 aromatic carbocycles. The molecule has 1 nitrogen and oxygen atoms in total. The summed E-state index contributed by atoms with van der Waals surface area (Å²) in [5.74, 6) is 3.59. The fourth-order valence-corrected chi connectivity index (χ4v) is 4.40. The first-order valence-electron chi connectivity index (χ1n) is 11.1. The van der Waals surface area contributed by atoms with Crippen molar-refractivity contribution >= 4 is 0 Å². The molecule has 0 amide bonds. The van der Waals surface area contributed by atoms with Crippen molar-refractivity contribution in [2.24, 2.45) is 17.8 Å². The molecule has 1 aliphatic rings. The van der Waals surface area contributed by atoms with E-state index in [9.17, 15) is 0 Å². The quantitative estimate of drug-likeness (QED) is 0.274. The number of allylic oxidation sites excluding steroid dienone is 2. The Morgan fingerprint density at radius 2 is 1.85 bits per heavy atom. The fourth-order valence-electron chi connectivity index (χ4n) is 4.40. The molecule has 2 rings (SSSR count). The number of rotatable bonds is 12. The summed E-state index contributed by atoms with van der Waals surface area (Å²) in [5, 5.41) is 0. The molecule has 0 aliphatic heterocycles. The van der Waals surface area contributed by atoms with Gasteiger partial charge in [0.25, 0.3) is 0 Å². The van der Waals surface area contributed by atoms with Crippen LogP contribution < -0.4 is 4.74 Å². The van der Waals surface area contributed by atoms with Crippen LogP contribution in [0.1, 0.15) is 85.0 Å². The van der Waals surface area contributed by atoms with E-state index in [1.54, 1.807) is 5.57 Å². The molecule has 1 heteroatoms. The van der Waals surface area contributed by atoms with Crippen molar-refractivity contribution in [1.82, 2.24) is 0 Å². The minimum atomic E-state index is 0.769. The van der Waals surface area contributed by atoms with Crippen LogP contribution in [0.5, 0.6) is 5.75 Å². The second-order valence-electron chi connectivity index (χ2n) is 8.20. The van der Waals surface area contributed by atoms with Gasteiger partial charge in [-0.05, 0) is 68.4 Å². The van der Waals surface area contributed by atoms with Gasteiger partial charge in [-0.1, -0.05) is 76.3 Å². The molecular formula is C25H40O. The Bertz CT molecular complexity index is 504. The number of para-hydroxylation sites is 1. The number of unbranched alkanes of at least 4 members (excludes halogenated alkanes) is 2. The van der Waals surface area contributed by atoms with Gasteiger partial charge in [-0.3, -0.25) is 0 Å². The lowest BCUT2D eigenvalue weighted by Crippen LogP contribution is -2.17. The van der Waals surface area contributed by atoms with Crippen molar-refractivity contribution < 1.29 is 4.74 Å². The van der Waals surface area contributed by atoms with Gasteiger partial charge in [0.15, 0.2) is 0 Å². The molecule has 26 heavy (non-hydrogen) atoms. The van der Waals surface area contributed by atoms with E-state index in [1.807, 2.05) is 30.3 Å². The highest BCUT2D eigenvalue weighted by atomic mass is 16.5. The monoisotopic (exact) mass is 356 g/mol. The molecule has 0 fully saturated rings. The maximum absolute atomic E-state index is 5.86. The molecule has 0 heterocycles. The van der Waals surface area contributed by atoms with Gasteiger partial charge in [-0.25, -0.2) is 0 Å². The third kappa shape index (κ3) is 7.17. The molecule has 0 saturated heterocycles. The lowest BCUT2D eigenvalue weighted by Gasteiger charge is -2.30. The van der Waals surface area contributed by atoms with E-state index in [2.05, 4.69) is 26.8 Å². The second-order valence-corrected chi connectivity index (χ2v) is 8.20. The van der Waals surface area contributed by atoms with Crippen molar-refractivity contribution in [3.05, 3.63) is 42.0 Å². The predicted octanol–water partition coefficient (Wildman–Crippen LogP) is 7.81. The maximum atomic E-state index is 5.86. The predicted molar refractivity (Wildman–Crippen MR) is 114 cm³/mol. The third-order valence-corrected chi connectivity index (χ3v) is 6.28. The molecule has 0 radical (unpaired) electrons. The second kappa shape index (κ2) is 12.2. The van der Waals surface area contributed by atoms with Crippen LogP contribution in [0.25, 0.3) is 0 Å². The summed E-state index contributed by atoms with van der Waals surface area (Å²) in [5.41, 5.74) is 1.74. The molecule has 1 aromatic rings. The zero-order chi connectivity index (χ0) is 18.6. The molecule has 0 bridgehead atoms. The lowest BCUT2D eigenvalue weighted by atomic mass is 9.76. The first kappa shape index (κ1) is 21.1. The van der Waals surface area contributed by atoms with E-state index in [1.165, 1.54) is 57.8 Å². The smallest absolute Gasteiger partial charge is 0.119 e. The normalized spacial score (nSPS) is 19.7. The molecule has 3 atom stereocenters. The Kier molecular flexibility index (Phi) is 9.89. The van der Waals surface area contributed by atoms with Crippen molar-refractivity contribution in [1.29, 1.82) is 0 Å². The summed E-state index contributed by atoms with van der Waals surface area (Å²) < 4.78 is 5.86. The first-order chi connectivity index (χ1) is 12.7. The van der Waals surface area contributed by atoms with Gasteiger partial charge in [0, 0.05) is 0 Å². The largest absolute Gasteiger partial charge is 0.494 e.